The van der Waals surface area contributed by atoms with Crippen LogP contribution in [-0.4, -0.2) is 19.3 Å². The second-order valence-electron chi connectivity index (χ2n) is 4.40. The number of nitrogens with one attached hydrogen (secondary N) is 1. The van der Waals surface area contributed by atoms with E-state index in [9.17, 15) is 0 Å². The first kappa shape index (κ1) is 13.1. The molecule has 0 aliphatic rings. The molecule has 2 aromatic rings. The van der Waals surface area contributed by atoms with Gasteiger partial charge in [0.25, 0.3) is 0 Å². The van der Waals surface area contributed by atoms with Gasteiger partial charge in [-0.05, 0) is 31.4 Å². The molecule has 0 saturated heterocycles. The van der Waals surface area contributed by atoms with Crippen LogP contribution in [0.25, 0.3) is 10.4 Å². The topological polar surface area (TPSA) is 21.3 Å². The Labute approximate surface area is 113 Å². The third-order valence-corrected chi connectivity index (χ3v) is 4.08. The molecule has 0 spiro atoms. The highest BCUT2D eigenvalue weighted by atomic mass is 32.1. The fraction of sp³-hybridized carbons (Fsp3) is 0.333. The molecule has 1 aromatic heterocycles. The lowest BCUT2D eigenvalue weighted by molar-refractivity contribution is 0.106. The summed E-state index contributed by atoms with van der Waals surface area (Å²) in [4.78, 5) is 1.29. The molecule has 96 valence electrons. The van der Waals surface area contributed by atoms with E-state index in [0.29, 0.717) is 0 Å². The van der Waals surface area contributed by atoms with Crippen molar-refractivity contribution in [1.29, 1.82) is 0 Å². The summed E-state index contributed by atoms with van der Waals surface area (Å²) < 4.78 is 5.35. The summed E-state index contributed by atoms with van der Waals surface area (Å²) in [5.74, 6) is 0. The molecule has 0 radical (unpaired) electrons. The van der Waals surface area contributed by atoms with Gasteiger partial charge in [-0.3, -0.25) is 0 Å². The van der Waals surface area contributed by atoms with Gasteiger partial charge in [0.05, 0.1) is 6.10 Å². The molecule has 0 bridgehead atoms. The summed E-state index contributed by atoms with van der Waals surface area (Å²) in [7, 11) is 1.74. The minimum atomic E-state index is 0.182. The predicted octanol–water partition coefficient (Wildman–Crippen LogP) is 4.25. The summed E-state index contributed by atoms with van der Waals surface area (Å²) in [6.07, 6.45) is 0.182. The van der Waals surface area contributed by atoms with Crippen molar-refractivity contribution >= 4 is 17.0 Å². The number of anilines is 1. The minimum absolute atomic E-state index is 0.182. The largest absolute Gasteiger partial charge is 0.380 e. The van der Waals surface area contributed by atoms with Crippen molar-refractivity contribution in [3.8, 4) is 10.4 Å². The number of hydrogen-bond donors (Lipinski definition) is 1. The molecule has 1 heterocycles. The van der Waals surface area contributed by atoms with Gasteiger partial charge in [-0.15, -0.1) is 11.3 Å². The lowest BCUT2D eigenvalue weighted by atomic mass is 10.1. The van der Waals surface area contributed by atoms with Crippen molar-refractivity contribution in [2.45, 2.75) is 26.0 Å². The molecule has 1 N–H and O–H groups in total. The van der Waals surface area contributed by atoms with Crippen LogP contribution in [0.2, 0.25) is 0 Å². The molecule has 18 heavy (non-hydrogen) atoms. The third-order valence-electron chi connectivity index (χ3n) is 3.17. The molecule has 0 aliphatic carbocycles. The Morgan fingerprint density at radius 2 is 1.89 bits per heavy atom. The first-order chi connectivity index (χ1) is 8.72. The number of methoxy groups -OCH3 is 1. The fourth-order valence-corrected chi connectivity index (χ4v) is 2.59. The van der Waals surface area contributed by atoms with Crippen molar-refractivity contribution in [3.05, 3.63) is 41.8 Å². The zero-order valence-corrected chi connectivity index (χ0v) is 11.8. The van der Waals surface area contributed by atoms with E-state index in [1.54, 1.807) is 18.4 Å². The van der Waals surface area contributed by atoms with E-state index in [-0.39, 0.29) is 12.1 Å². The maximum absolute atomic E-state index is 5.35. The van der Waals surface area contributed by atoms with Crippen LogP contribution < -0.4 is 5.32 Å². The molecule has 1 aromatic carbocycles. The summed E-state index contributed by atoms with van der Waals surface area (Å²) in [6, 6.07) is 12.9. The van der Waals surface area contributed by atoms with E-state index in [2.05, 4.69) is 60.9 Å². The highest BCUT2D eigenvalue weighted by molar-refractivity contribution is 7.13. The van der Waals surface area contributed by atoms with E-state index in [4.69, 9.17) is 4.74 Å². The van der Waals surface area contributed by atoms with Crippen LogP contribution >= 0.6 is 11.3 Å². The van der Waals surface area contributed by atoms with Crippen molar-refractivity contribution in [3.63, 3.8) is 0 Å². The molecule has 2 rings (SSSR count). The van der Waals surface area contributed by atoms with E-state index >= 15 is 0 Å². The van der Waals surface area contributed by atoms with E-state index in [0.717, 1.165) is 5.69 Å². The Morgan fingerprint density at radius 1 is 1.11 bits per heavy atom. The quantitative estimate of drug-likeness (QED) is 0.868. The first-order valence-electron chi connectivity index (χ1n) is 6.14. The second-order valence-corrected chi connectivity index (χ2v) is 5.34. The molecule has 2 unspecified atom stereocenters. The van der Waals surface area contributed by atoms with E-state index < -0.39 is 0 Å². The molecule has 0 aliphatic heterocycles. The van der Waals surface area contributed by atoms with Gasteiger partial charge < -0.3 is 10.1 Å². The molecule has 2 nitrogen and oxygen atoms in total. The molecule has 0 fully saturated rings. The number of benzene rings is 1. The van der Waals surface area contributed by atoms with Gasteiger partial charge in [0.1, 0.15) is 0 Å². The summed E-state index contributed by atoms with van der Waals surface area (Å²) >= 11 is 1.76. The van der Waals surface area contributed by atoms with Gasteiger partial charge in [-0.25, -0.2) is 0 Å². The number of ether oxygens (including phenoxy) is 1. The molecular formula is C15H19NOS. The van der Waals surface area contributed by atoms with Gasteiger partial charge in [0, 0.05) is 29.3 Å². The van der Waals surface area contributed by atoms with Gasteiger partial charge in [0.2, 0.25) is 0 Å². The summed E-state index contributed by atoms with van der Waals surface area (Å²) in [5, 5.41) is 5.64. The SMILES string of the molecule is COC(C)C(C)Nc1ccccc1-c1cccs1. The Morgan fingerprint density at radius 3 is 2.56 bits per heavy atom. The normalized spacial score (nSPS) is 14.2. The van der Waals surface area contributed by atoms with Crippen LogP contribution in [0.1, 0.15) is 13.8 Å². The average molecular weight is 261 g/mol. The van der Waals surface area contributed by atoms with Crippen LogP contribution in [0.5, 0.6) is 0 Å². The summed E-state index contributed by atoms with van der Waals surface area (Å²) in [5.41, 5.74) is 2.42. The second kappa shape index (κ2) is 6.03. The number of rotatable bonds is 5. The average Bonchev–Trinajstić information content (AvgIpc) is 2.92. The number of hydrogen-bond acceptors (Lipinski definition) is 3. The Hall–Kier alpha value is -1.32. The van der Waals surface area contributed by atoms with Gasteiger partial charge in [0.15, 0.2) is 0 Å². The lowest BCUT2D eigenvalue weighted by Gasteiger charge is -2.22. The van der Waals surface area contributed by atoms with Gasteiger partial charge in [-0.1, -0.05) is 24.3 Å². The van der Waals surface area contributed by atoms with Gasteiger partial charge in [-0.2, -0.15) is 0 Å². The van der Waals surface area contributed by atoms with Crippen LogP contribution in [-0.2, 0) is 4.74 Å². The third kappa shape index (κ3) is 2.92. The Kier molecular flexibility index (Phi) is 4.39. The summed E-state index contributed by atoms with van der Waals surface area (Å²) in [6.45, 7) is 4.21. The van der Waals surface area contributed by atoms with Crippen LogP contribution in [0.15, 0.2) is 41.8 Å². The van der Waals surface area contributed by atoms with Crippen molar-refractivity contribution in [2.75, 3.05) is 12.4 Å². The van der Waals surface area contributed by atoms with Gasteiger partial charge >= 0.3 is 0 Å². The highest BCUT2D eigenvalue weighted by Crippen LogP contribution is 2.31. The monoisotopic (exact) mass is 261 g/mol. The van der Waals surface area contributed by atoms with Crippen molar-refractivity contribution < 1.29 is 4.74 Å². The van der Waals surface area contributed by atoms with E-state index in [1.165, 1.54) is 10.4 Å². The first-order valence-corrected chi connectivity index (χ1v) is 7.02. The predicted molar refractivity (Wildman–Crippen MR) is 79.3 cm³/mol. The Bertz CT molecular complexity index is 481. The maximum Gasteiger partial charge on any atom is 0.0741 e. The fourth-order valence-electron chi connectivity index (χ4n) is 1.82. The van der Waals surface area contributed by atoms with Crippen molar-refractivity contribution in [1.82, 2.24) is 0 Å². The standard InChI is InChI=1S/C15H19NOS/c1-11(12(2)17-3)16-14-8-5-4-7-13(14)15-9-6-10-18-15/h4-12,16H,1-3H3. The molecule has 2 atom stereocenters. The molecule has 0 saturated carbocycles. The minimum Gasteiger partial charge on any atom is -0.380 e. The maximum atomic E-state index is 5.35. The van der Waals surface area contributed by atoms with Crippen LogP contribution in [0.3, 0.4) is 0 Å². The zero-order chi connectivity index (χ0) is 13.0. The zero-order valence-electron chi connectivity index (χ0n) is 11.0. The lowest BCUT2D eigenvalue weighted by Crippen LogP contribution is -2.29. The highest BCUT2D eigenvalue weighted by Gasteiger charge is 2.13. The molecule has 3 heteroatoms. The van der Waals surface area contributed by atoms with Crippen molar-refractivity contribution in [2.24, 2.45) is 0 Å². The molecule has 0 amide bonds. The number of thiophene rings is 1. The smallest absolute Gasteiger partial charge is 0.0741 e. The van der Waals surface area contributed by atoms with Crippen LogP contribution in [0.4, 0.5) is 5.69 Å². The van der Waals surface area contributed by atoms with Crippen LogP contribution in [0, 0.1) is 0 Å². The number of para-hydroxylation sites is 1. The molecular weight excluding hydrogens is 242 g/mol. The van der Waals surface area contributed by atoms with E-state index in [1.807, 2.05) is 0 Å². The Balaban J connectivity index is 2.23.